The Bertz CT molecular complexity index is 374. The molecular weight excluding hydrogens is 258 g/mol. The van der Waals surface area contributed by atoms with Gasteiger partial charge in [-0.25, -0.2) is 0 Å². The molecule has 1 rings (SSSR count). The van der Waals surface area contributed by atoms with Gasteiger partial charge in [-0.15, -0.1) is 35.1 Å². The Balaban J connectivity index is 2.83. The second kappa shape index (κ2) is 7.89. The number of nitrogens with zero attached hydrogens (tertiary/aromatic N) is 1. The minimum Gasteiger partial charge on any atom is -0.192 e. The molecule has 0 radical (unpaired) electrons. The highest BCUT2D eigenvalue weighted by atomic mass is 35.5. The maximum absolute atomic E-state index is 9.18. The van der Waals surface area contributed by atoms with Crippen LogP contribution < -0.4 is 0 Å². The van der Waals surface area contributed by atoms with E-state index in [-0.39, 0.29) is 0 Å². The van der Waals surface area contributed by atoms with E-state index in [1.807, 2.05) is 18.2 Å². The summed E-state index contributed by atoms with van der Waals surface area (Å²) in [5.41, 5.74) is 0.814. The van der Waals surface area contributed by atoms with Gasteiger partial charge in [-0.05, 0) is 30.1 Å². The second-order valence-electron chi connectivity index (χ2n) is 3.07. The standard InChI is InChI=1S/C12H14ClNS2/c1-2-15-11-5-3-6-12(10(11)9-14)16-8-4-7-13/h3,5-6H,2,4,7-8H2,1H3. The van der Waals surface area contributed by atoms with Crippen molar-refractivity contribution in [3.05, 3.63) is 23.8 Å². The van der Waals surface area contributed by atoms with Crippen molar-refractivity contribution in [3.63, 3.8) is 0 Å². The summed E-state index contributed by atoms with van der Waals surface area (Å²) >= 11 is 9.07. The average Bonchev–Trinajstić information content (AvgIpc) is 2.30. The van der Waals surface area contributed by atoms with Crippen LogP contribution in [0, 0.1) is 11.3 Å². The Labute approximate surface area is 111 Å². The van der Waals surface area contributed by atoms with Crippen LogP contribution in [0.15, 0.2) is 28.0 Å². The minimum absolute atomic E-state index is 0.679. The van der Waals surface area contributed by atoms with Crippen LogP contribution in [0.4, 0.5) is 0 Å². The molecule has 0 aliphatic rings. The van der Waals surface area contributed by atoms with Crippen LogP contribution in [0.3, 0.4) is 0 Å². The third kappa shape index (κ3) is 3.93. The van der Waals surface area contributed by atoms with Crippen molar-refractivity contribution in [2.75, 3.05) is 17.4 Å². The summed E-state index contributed by atoms with van der Waals surface area (Å²) in [6.45, 7) is 2.10. The molecule has 0 N–H and O–H groups in total. The maximum atomic E-state index is 9.18. The molecule has 0 amide bonds. The van der Waals surface area contributed by atoms with Crippen LogP contribution in [0.2, 0.25) is 0 Å². The van der Waals surface area contributed by atoms with Crippen molar-refractivity contribution in [2.45, 2.75) is 23.1 Å². The van der Waals surface area contributed by atoms with Crippen LogP contribution >= 0.6 is 35.1 Å². The zero-order chi connectivity index (χ0) is 11.8. The van der Waals surface area contributed by atoms with Crippen molar-refractivity contribution in [1.29, 1.82) is 5.26 Å². The first-order chi connectivity index (χ1) is 7.83. The van der Waals surface area contributed by atoms with Gasteiger partial charge in [0, 0.05) is 15.7 Å². The van der Waals surface area contributed by atoms with Gasteiger partial charge in [0.15, 0.2) is 0 Å². The molecule has 0 aromatic heterocycles. The van der Waals surface area contributed by atoms with E-state index in [1.54, 1.807) is 23.5 Å². The maximum Gasteiger partial charge on any atom is 0.101 e. The molecule has 0 spiro atoms. The number of hydrogen-bond acceptors (Lipinski definition) is 3. The number of alkyl halides is 1. The SMILES string of the molecule is CCSc1cccc(SCCCCl)c1C#N. The van der Waals surface area contributed by atoms with Gasteiger partial charge >= 0.3 is 0 Å². The van der Waals surface area contributed by atoms with Gasteiger partial charge in [-0.2, -0.15) is 5.26 Å². The van der Waals surface area contributed by atoms with Crippen LogP contribution in [0.5, 0.6) is 0 Å². The van der Waals surface area contributed by atoms with Gasteiger partial charge in [-0.1, -0.05) is 13.0 Å². The predicted octanol–water partition coefficient (Wildman–Crippen LogP) is 4.39. The molecule has 0 heterocycles. The molecule has 1 aromatic carbocycles. The molecule has 0 bridgehead atoms. The van der Waals surface area contributed by atoms with E-state index in [0.717, 1.165) is 33.3 Å². The van der Waals surface area contributed by atoms with Crippen molar-refractivity contribution in [1.82, 2.24) is 0 Å². The molecule has 86 valence electrons. The summed E-state index contributed by atoms with van der Waals surface area (Å²) < 4.78 is 0. The number of hydrogen-bond donors (Lipinski definition) is 0. The van der Waals surface area contributed by atoms with Gasteiger partial charge in [0.1, 0.15) is 6.07 Å². The molecule has 0 aliphatic carbocycles. The smallest absolute Gasteiger partial charge is 0.101 e. The van der Waals surface area contributed by atoms with Gasteiger partial charge in [0.05, 0.1) is 5.56 Å². The minimum atomic E-state index is 0.679. The van der Waals surface area contributed by atoms with Gasteiger partial charge in [0.25, 0.3) is 0 Å². The van der Waals surface area contributed by atoms with Gasteiger partial charge in [-0.3, -0.25) is 0 Å². The lowest BCUT2D eigenvalue weighted by atomic mass is 10.2. The molecule has 0 saturated carbocycles. The zero-order valence-electron chi connectivity index (χ0n) is 9.20. The highest BCUT2D eigenvalue weighted by molar-refractivity contribution is 8.00. The summed E-state index contributed by atoms with van der Waals surface area (Å²) in [5, 5.41) is 9.18. The molecule has 16 heavy (non-hydrogen) atoms. The van der Waals surface area contributed by atoms with Crippen LogP contribution in [0.25, 0.3) is 0 Å². The normalized spacial score (nSPS) is 10.1. The van der Waals surface area contributed by atoms with Crippen LogP contribution in [-0.4, -0.2) is 17.4 Å². The van der Waals surface area contributed by atoms with E-state index in [4.69, 9.17) is 11.6 Å². The van der Waals surface area contributed by atoms with Crippen LogP contribution in [0.1, 0.15) is 18.9 Å². The topological polar surface area (TPSA) is 23.8 Å². The molecule has 1 nitrogen and oxygen atoms in total. The quantitative estimate of drug-likeness (QED) is 0.436. The Morgan fingerprint density at radius 3 is 2.56 bits per heavy atom. The van der Waals surface area contributed by atoms with E-state index in [1.165, 1.54) is 0 Å². The third-order valence-electron chi connectivity index (χ3n) is 1.94. The summed E-state index contributed by atoms with van der Waals surface area (Å²) in [6, 6.07) is 8.34. The fraction of sp³-hybridized carbons (Fsp3) is 0.417. The summed E-state index contributed by atoms with van der Waals surface area (Å²) in [4.78, 5) is 2.16. The third-order valence-corrected chi connectivity index (χ3v) is 4.29. The zero-order valence-corrected chi connectivity index (χ0v) is 11.6. The molecule has 0 atom stereocenters. The first kappa shape index (κ1) is 13.8. The summed E-state index contributed by atoms with van der Waals surface area (Å²) in [7, 11) is 0. The Hall–Kier alpha value is -0.300. The lowest BCUT2D eigenvalue weighted by Crippen LogP contribution is -1.88. The number of nitriles is 1. The van der Waals surface area contributed by atoms with E-state index in [2.05, 4.69) is 13.0 Å². The Morgan fingerprint density at radius 1 is 1.31 bits per heavy atom. The second-order valence-corrected chi connectivity index (χ2v) is 5.89. The number of thioether (sulfide) groups is 2. The van der Waals surface area contributed by atoms with Crippen molar-refractivity contribution < 1.29 is 0 Å². The largest absolute Gasteiger partial charge is 0.192 e. The molecule has 0 aliphatic heterocycles. The number of halogens is 1. The molecular formula is C12H14ClNS2. The summed E-state index contributed by atoms with van der Waals surface area (Å²) in [6.07, 6.45) is 0.974. The monoisotopic (exact) mass is 271 g/mol. The molecule has 0 unspecified atom stereocenters. The van der Waals surface area contributed by atoms with Crippen molar-refractivity contribution in [3.8, 4) is 6.07 Å². The number of benzene rings is 1. The lowest BCUT2D eigenvalue weighted by Gasteiger charge is -2.07. The average molecular weight is 272 g/mol. The highest BCUT2D eigenvalue weighted by Gasteiger charge is 2.07. The fourth-order valence-corrected chi connectivity index (χ4v) is 3.38. The summed E-state index contributed by atoms with van der Waals surface area (Å²) in [5.74, 6) is 2.64. The van der Waals surface area contributed by atoms with Gasteiger partial charge < -0.3 is 0 Å². The van der Waals surface area contributed by atoms with Crippen molar-refractivity contribution in [2.24, 2.45) is 0 Å². The Kier molecular flexibility index (Phi) is 6.79. The van der Waals surface area contributed by atoms with E-state index in [9.17, 15) is 5.26 Å². The Morgan fingerprint density at radius 2 is 2.00 bits per heavy atom. The molecule has 1 aromatic rings. The van der Waals surface area contributed by atoms with Crippen molar-refractivity contribution >= 4 is 35.1 Å². The first-order valence-corrected chi connectivity index (χ1v) is 7.68. The molecule has 0 saturated heterocycles. The fourth-order valence-electron chi connectivity index (χ4n) is 1.25. The highest BCUT2D eigenvalue weighted by Crippen LogP contribution is 2.30. The lowest BCUT2D eigenvalue weighted by molar-refractivity contribution is 1.11. The van der Waals surface area contributed by atoms with E-state index >= 15 is 0 Å². The van der Waals surface area contributed by atoms with Gasteiger partial charge in [0.2, 0.25) is 0 Å². The van der Waals surface area contributed by atoms with E-state index < -0.39 is 0 Å². The molecule has 4 heteroatoms. The number of rotatable bonds is 6. The van der Waals surface area contributed by atoms with E-state index in [0.29, 0.717) is 5.88 Å². The molecule has 0 fully saturated rings. The predicted molar refractivity (Wildman–Crippen MR) is 73.6 cm³/mol. The first-order valence-electron chi connectivity index (χ1n) is 5.18. The van der Waals surface area contributed by atoms with Crippen LogP contribution in [-0.2, 0) is 0 Å².